The summed E-state index contributed by atoms with van der Waals surface area (Å²) in [7, 11) is 6.28. The normalized spacial score (nSPS) is 20.7. The first-order valence-electron chi connectivity index (χ1n) is 7.78. The quantitative estimate of drug-likeness (QED) is 0.898. The van der Waals surface area contributed by atoms with Gasteiger partial charge in [0.15, 0.2) is 11.5 Å². The van der Waals surface area contributed by atoms with Gasteiger partial charge >= 0.3 is 0 Å². The summed E-state index contributed by atoms with van der Waals surface area (Å²) < 4.78 is 15.9. The highest BCUT2D eigenvalue weighted by Gasteiger charge is 2.30. The van der Waals surface area contributed by atoms with E-state index in [9.17, 15) is 9.90 Å². The number of hydrogen-bond acceptors (Lipinski definition) is 5. The number of aliphatic hydroxyl groups is 1. The number of ether oxygens (including phenoxy) is 3. The summed E-state index contributed by atoms with van der Waals surface area (Å²) in [6.07, 6.45) is 3.10. The minimum Gasteiger partial charge on any atom is -0.493 e. The predicted molar refractivity (Wildman–Crippen MR) is 86.5 cm³/mol. The summed E-state index contributed by atoms with van der Waals surface area (Å²) in [5.41, 5.74) is 0.444. The van der Waals surface area contributed by atoms with Crippen LogP contribution in [-0.4, -0.2) is 56.4 Å². The molecule has 1 aromatic carbocycles. The third-order valence-electron chi connectivity index (χ3n) is 4.42. The molecule has 0 saturated heterocycles. The highest BCUT2D eigenvalue weighted by atomic mass is 16.5. The van der Waals surface area contributed by atoms with Crippen molar-refractivity contribution in [3.8, 4) is 17.2 Å². The number of amides is 1. The van der Waals surface area contributed by atoms with Gasteiger partial charge in [0.2, 0.25) is 5.75 Å². The van der Waals surface area contributed by atoms with Crippen molar-refractivity contribution in [1.82, 2.24) is 4.90 Å². The average molecular weight is 323 g/mol. The SMILES string of the molecule is COc1cc(C(=O)N(C)[C@@H]2CCCC[C@@H]2O)cc(OC)c1OC. The molecule has 2 rings (SSSR count). The zero-order valence-corrected chi connectivity index (χ0v) is 14.2. The Balaban J connectivity index is 2.31. The summed E-state index contributed by atoms with van der Waals surface area (Å²) in [5.74, 6) is 1.16. The van der Waals surface area contributed by atoms with Gasteiger partial charge in [-0.2, -0.15) is 0 Å². The predicted octanol–water partition coefficient (Wildman–Crippen LogP) is 2.09. The first-order chi connectivity index (χ1) is 11.0. The molecule has 1 amide bonds. The van der Waals surface area contributed by atoms with Crippen LogP contribution < -0.4 is 14.2 Å². The van der Waals surface area contributed by atoms with Gasteiger partial charge in [-0.15, -0.1) is 0 Å². The third-order valence-corrected chi connectivity index (χ3v) is 4.42. The second kappa shape index (κ2) is 7.55. The molecule has 1 aromatic rings. The molecule has 2 atom stereocenters. The van der Waals surface area contributed by atoms with E-state index in [0.29, 0.717) is 22.8 Å². The zero-order chi connectivity index (χ0) is 17.0. The number of nitrogens with zero attached hydrogens (tertiary/aromatic N) is 1. The summed E-state index contributed by atoms with van der Waals surface area (Å²) in [6, 6.07) is 3.11. The number of benzene rings is 1. The van der Waals surface area contributed by atoms with Crippen LogP contribution in [0.2, 0.25) is 0 Å². The fourth-order valence-electron chi connectivity index (χ4n) is 3.10. The van der Waals surface area contributed by atoms with Crippen LogP contribution in [0.4, 0.5) is 0 Å². The minimum atomic E-state index is -0.472. The maximum absolute atomic E-state index is 12.8. The number of methoxy groups -OCH3 is 3. The fourth-order valence-corrected chi connectivity index (χ4v) is 3.10. The first kappa shape index (κ1) is 17.4. The molecule has 0 radical (unpaired) electrons. The van der Waals surface area contributed by atoms with E-state index in [4.69, 9.17) is 14.2 Å². The Kier molecular flexibility index (Phi) is 5.71. The highest BCUT2D eigenvalue weighted by Crippen LogP contribution is 2.38. The van der Waals surface area contributed by atoms with Gasteiger partial charge in [-0.25, -0.2) is 0 Å². The smallest absolute Gasteiger partial charge is 0.254 e. The van der Waals surface area contributed by atoms with Crippen molar-refractivity contribution in [2.45, 2.75) is 37.8 Å². The maximum atomic E-state index is 12.8. The number of hydrogen-bond donors (Lipinski definition) is 1. The van der Waals surface area contributed by atoms with E-state index in [1.165, 1.54) is 21.3 Å². The molecule has 0 aliphatic heterocycles. The molecule has 0 bridgehead atoms. The number of carbonyl (C=O) groups is 1. The molecule has 1 aliphatic rings. The fraction of sp³-hybridized carbons (Fsp3) is 0.588. The molecule has 23 heavy (non-hydrogen) atoms. The molecular weight excluding hydrogens is 298 g/mol. The van der Waals surface area contributed by atoms with Crippen molar-refractivity contribution in [3.05, 3.63) is 17.7 Å². The molecule has 0 unspecified atom stereocenters. The van der Waals surface area contributed by atoms with Crippen LogP contribution in [0.3, 0.4) is 0 Å². The second-order valence-corrected chi connectivity index (χ2v) is 5.75. The number of aliphatic hydroxyl groups excluding tert-OH is 1. The first-order valence-corrected chi connectivity index (χ1v) is 7.78. The Hall–Kier alpha value is -1.95. The number of likely N-dealkylation sites (N-methyl/N-ethyl adjacent to an activating group) is 1. The van der Waals surface area contributed by atoms with Crippen LogP contribution in [0, 0.1) is 0 Å². The Morgan fingerprint density at radius 3 is 2.13 bits per heavy atom. The third kappa shape index (κ3) is 3.52. The van der Waals surface area contributed by atoms with Gasteiger partial charge in [0, 0.05) is 12.6 Å². The van der Waals surface area contributed by atoms with Crippen molar-refractivity contribution in [2.24, 2.45) is 0 Å². The van der Waals surface area contributed by atoms with Crippen molar-refractivity contribution >= 4 is 5.91 Å². The molecule has 6 heteroatoms. The topological polar surface area (TPSA) is 68.2 Å². The molecule has 0 spiro atoms. The van der Waals surface area contributed by atoms with Crippen LogP contribution >= 0.6 is 0 Å². The van der Waals surface area contributed by atoms with Crippen LogP contribution in [0.25, 0.3) is 0 Å². The van der Waals surface area contributed by atoms with Crippen LogP contribution in [-0.2, 0) is 0 Å². The minimum absolute atomic E-state index is 0.157. The monoisotopic (exact) mass is 323 g/mol. The zero-order valence-electron chi connectivity index (χ0n) is 14.2. The van der Waals surface area contributed by atoms with E-state index in [0.717, 1.165) is 25.7 Å². The summed E-state index contributed by atoms with van der Waals surface area (Å²) >= 11 is 0. The van der Waals surface area contributed by atoms with Crippen molar-refractivity contribution in [2.75, 3.05) is 28.4 Å². The Bertz CT molecular complexity index is 535. The Morgan fingerprint density at radius 1 is 1.09 bits per heavy atom. The summed E-state index contributed by atoms with van der Waals surface area (Å²) in [6.45, 7) is 0. The molecule has 128 valence electrons. The van der Waals surface area contributed by atoms with Crippen molar-refractivity contribution in [3.63, 3.8) is 0 Å². The van der Waals surface area contributed by atoms with E-state index >= 15 is 0 Å². The largest absolute Gasteiger partial charge is 0.493 e. The average Bonchev–Trinajstić information content (AvgIpc) is 2.59. The molecular formula is C17H25NO5. The molecule has 1 aliphatic carbocycles. The van der Waals surface area contributed by atoms with Gasteiger partial charge in [-0.05, 0) is 25.0 Å². The maximum Gasteiger partial charge on any atom is 0.254 e. The number of rotatable bonds is 5. The molecule has 1 fully saturated rings. The molecule has 1 saturated carbocycles. The molecule has 0 heterocycles. The standard InChI is InChI=1S/C17H25NO5/c1-18(12-7-5-6-8-13(12)19)17(20)11-9-14(21-2)16(23-4)15(10-11)22-3/h9-10,12-13,19H,5-8H2,1-4H3/t12-,13+/m1/s1. The lowest BCUT2D eigenvalue weighted by molar-refractivity contribution is 0.0267. The van der Waals surface area contributed by atoms with Crippen molar-refractivity contribution < 1.29 is 24.1 Å². The molecule has 0 aromatic heterocycles. The lowest BCUT2D eigenvalue weighted by Crippen LogP contribution is -2.46. The Morgan fingerprint density at radius 2 is 1.65 bits per heavy atom. The van der Waals surface area contributed by atoms with Gasteiger partial charge in [0.25, 0.3) is 5.91 Å². The van der Waals surface area contributed by atoms with E-state index in [-0.39, 0.29) is 11.9 Å². The van der Waals surface area contributed by atoms with Gasteiger partial charge in [-0.3, -0.25) is 4.79 Å². The number of carbonyl (C=O) groups excluding carboxylic acids is 1. The second-order valence-electron chi connectivity index (χ2n) is 5.75. The highest BCUT2D eigenvalue weighted by molar-refractivity contribution is 5.95. The van der Waals surface area contributed by atoms with Crippen LogP contribution in [0.15, 0.2) is 12.1 Å². The molecule has 6 nitrogen and oxygen atoms in total. The van der Waals surface area contributed by atoms with Crippen LogP contribution in [0.5, 0.6) is 17.2 Å². The van der Waals surface area contributed by atoms with Gasteiger partial charge in [0.05, 0.1) is 33.5 Å². The summed E-state index contributed by atoms with van der Waals surface area (Å²) in [5, 5.41) is 10.2. The Labute approximate surface area is 136 Å². The van der Waals surface area contributed by atoms with E-state index in [1.54, 1.807) is 24.1 Å². The molecule has 1 N–H and O–H groups in total. The lowest BCUT2D eigenvalue weighted by atomic mass is 9.91. The van der Waals surface area contributed by atoms with Gasteiger partial charge in [0.1, 0.15) is 0 Å². The van der Waals surface area contributed by atoms with Crippen molar-refractivity contribution in [1.29, 1.82) is 0 Å². The van der Waals surface area contributed by atoms with E-state index in [2.05, 4.69) is 0 Å². The van der Waals surface area contributed by atoms with Gasteiger partial charge in [-0.1, -0.05) is 12.8 Å². The van der Waals surface area contributed by atoms with E-state index < -0.39 is 6.10 Å². The van der Waals surface area contributed by atoms with E-state index in [1.807, 2.05) is 0 Å². The summed E-state index contributed by atoms with van der Waals surface area (Å²) in [4.78, 5) is 14.4. The van der Waals surface area contributed by atoms with Gasteiger partial charge < -0.3 is 24.2 Å². The van der Waals surface area contributed by atoms with Crippen LogP contribution in [0.1, 0.15) is 36.0 Å². The lowest BCUT2D eigenvalue weighted by Gasteiger charge is -2.35.